The first-order chi connectivity index (χ1) is 12.2. The van der Waals surface area contributed by atoms with Crippen molar-refractivity contribution in [2.24, 2.45) is 5.92 Å². The Labute approximate surface area is 149 Å². The molecule has 25 heavy (non-hydrogen) atoms. The zero-order chi connectivity index (χ0) is 17.6. The van der Waals surface area contributed by atoms with Gasteiger partial charge in [0.25, 0.3) is 0 Å². The highest BCUT2D eigenvalue weighted by Crippen LogP contribution is 2.27. The summed E-state index contributed by atoms with van der Waals surface area (Å²) in [6, 6.07) is 4.69. The lowest BCUT2D eigenvalue weighted by Gasteiger charge is -2.43. The van der Waals surface area contributed by atoms with Crippen LogP contribution in [0.3, 0.4) is 0 Å². The molecule has 5 heteroatoms. The number of rotatable bonds is 6. The van der Waals surface area contributed by atoms with Gasteiger partial charge < -0.3 is 5.11 Å². The van der Waals surface area contributed by atoms with Crippen molar-refractivity contribution in [2.75, 3.05) is 32.8 Å². The second-order valence-corrected chi connectivity index (χ2v) is 7.61. The molecule has 140 valence electrons. The second-order valence-electron chi connectivity index (χ2n) is 7.61. The smallest absolute Gasteiger partial charge is 0.163 e. The van der Waals surface area contributed by atoms with Crippen LogP contribution in [-0.2, 0) is 6.54 Å². The monoisotopic (exact) mass is 352 g/mol. The quantitative estimate of drug-likeness (QED) is 0.850. The Morgan fingerprint density at radius 2 is 1.88 bits per heavy atom. The van der Waals surface area contributed by atoms with Gasteiger partial charge in [-0.2, -0.15) is 0 Å². The lowest BCUT2D eigenvalue weighted by Crippen LogP contribution is -2.54. The van der Waals surface area contributed by atoms with E-state index < -0.39 is 11.6 Å². The summed E-state index contributed by atoms with van der Waals surface area (Å²) >= 11 is 0. The summed E-state index contributed by atoms with van der Waals surface area (Å²) in [5, 5.41) is 9.44. The molecule has 2 fully saturated rings. The molecule has 3 rings (SSSR count). The second kappa shape index (κ2) is 9.06. The van der Waals surface area contributed by atoms with Crippen LogP contribution >= 0.6 is 0 Å². The maximum atomic E-state index is 13.9. The molecule has 0 bridgehead atoms. The van der Waals surface area contributed by atoms with Crippen molar-refractivity contribution in [1.29, 1.82) is 0 Å². The molecule has 0 spiro atoms. The topological polar surface area (TPSA) is 26.7 Å². The normalized spacial score (nSPS) is 23.9. The Bertz CT molecular complexity index is 548. The molecule has 1 aromatic carbocycles. The highest BCUT2D eigenvalue weighted by molar-refractivity contribution is 5.19. The van der Waals surface area contributed by atoms with Crippen molar-refractivity contribution in [2.45, 2.75) is 51.1 Å². The molecule has 0 radical (unpaired) electrons. The highest BCUT2D eigenvalue weighted by Gasteiger charge is 2.29. The van der Waals surface area contributed by atoms with E-state index in [9.17, 15) is 13.9 Å². The van der Waals surface area contributed by atoms with E-state index in [0.29, 0.717) is 18.2 Å². The third kappa shape index (κ3) is 4.99. The summed E-state index contributed by atoms with van der Waals surface area (Å²) < 4.78 is 27.4. The van der Waals surface area contributed by atoms with E-state index in [0.717, 1.165) is 44.6 Å². The van der Waals surface area contributed by atoms with Gasteiger partial charge in [0.15, 0.2) is 11.6 Å². The Morgan fingerprint density at radius 3 is 2.64 bits per heavy atom. The summed E-state index contributed by atoms with van der Waals surface area (Å²) in [5.74, 6) is -0.728. The largest absolute Gasteiger partial charge is 0.396 e. The van der Waals surface area contributed by atoms with Gasteiger partial charge in [0.1, 0.15) is 0 Å². The minimum atomic E-state index is -0.777. The van der Waals surface area contributed by atoms with Crippen molar-refractivity contribution >= 4 is 0 Å². The van der Waals surface area contributed by atoms with Gasteiger partial charge in [-0.05, 0) is 31.2 Å². The Balaban J connectivity index is 1.59. The van der Waals surface area contributed by atoms with Gasteiger partial charge in [-0.15, -0.1) is 0 Å². The van der Waals surface area contributed by atoms with E-state index in [4.69, 9.17) is 0 Å². The van der Waals surface area contributed by atoms with Crippen LogP contribution in [0, 0.1) is 17.6 Å². The molecule has 1 aliphatic heterocycles. The maximum Gasteiger partial charge on any atom is 0.163 e. The fourth-order valence-corrected chi connectivity index (χ4v) is 4.38. The predicted octanol–water partition coefficient (Wildman–Crippen LogP) is 3.41. The summed E-state index contributed by atoms with van der Waals surface area (Å²) in [5.41, 5.74) is 0.420. The Kier molecular flexibility index (Phi) is 6.79. The van der Waals surface area contributed by atoms with Gasteiger partial charge in [0.05, 0.1) is 0 Å². The molecular formula is C20H30F2N2O. The van der Waals surface area contributed by atoms with Gasteiger partial charge in [-0.3, -0.25) is 9.80 Å². The highest BCUT2D eigenvalue weighted by atomic mass is 19.2. The standard InChI is InChI=1S/C20H30F2N2O/c21-19-8-4-7-17(20(19)22)14-23-10-11-24(18(15-23)9-12-25)13-16-5-2-1-3-6-16/h4,7-8,16,18,25H,1-3,5-6,9-15H2. The van der Waals surface area contributed by atoms with Crippen LogP contribution in [0.1, 0.15) is 44.1 Å². The molecule has 0 amide bonds. The SMILES string of the molecule is OCCC1CN(Cc2cccc(F)c2F)CCN1CC1CCCCC1. The van der Waals surface area contributed by atoms with Crippen molar-refractivity contribution in [1.82, 2.24) is 9.80 Å². The minimum Gasteiger partial charge on any atom is -0.396 e. The fraction of sp³-hybridized carbons (Fsp3) is 0.700. The van der Waals surface area contributed by atoms with Crippen LogP contribution < -0.4 is 0 Å². The molecule has 2 aliphatic rings. The van der Waals surface area contributed by atoms with Crippen LogP contribution in [0.25, 0.3) is 0 Å². The van der Waals surface area contributed by atoms with Gasteiger partial charge in [-0.25, -0.2) is 8.78 Å². The van der Waals surface area contributed by atoms with Gasteiger partial charge >= 0.3 is 0 Å². The summed E-state index contributed by atoms with van der Waals surface area (Å²) in [7, 11) is 0. The third-order valence-corrected chi connectivity index (χ3v) is 5.79. The van der Waals surface area contributed by atoms with E-state index in [1.165, 1.54) is 32.1 Å². The summed E-state index contributed by atoms with van der Waals surface area (Å²) in [4.78, 5) is 4.71. The third-order valence-electron chi connectivity index (χ3n) is 5.79. The van der Waals surface area contributed by atoms with E-state index in [-0.39, 0.29) is 6.61 Å². The van der Waals surface area contributed by atoms with Crippen molar-refractivity contribution in [3.63, 3.8) is 0 Å². The van der Waals surface area contributed by atoms with Crippen molar-refractivity contribution < 1.29 is 13.9 Å². The number of hydrogen-bond acceptors (Lipinski definition) is 3. The molecule has 1 heterocycles. The van der Waals surface area contributed by atoms with Crippen LogP contribution in [0.5, 0.6) is 0 Å². The van der Waals surface area contributed by atoms with Gasteiger partial charge in [-0.1, -0.05) is 31.4 Å². The zero-order valence-corrected chi connectivity index (χ0v) is 15.0. The molecule has 1 atom stereocenters. The Hall–Kier alpha value is -1.04. The van der Waals surface area contributed by atoms with E-state index in [1.807, 2.05) is 0 Å². The number of halogens is 2. The molecule has 3 nitrogen and oxygen atoms in total. The van der Waals surface area contributed by atoms with Crippen molar-refractivity contribution in [3.05, 3.63) is 35.4 Å². The molecule has 1 aliphatic carbocycles. The lowest BCUT2D eigenvalue weighted by molar-refractivity contribution is 0.0395. The van der Waals surface area contributed by atoms with Crippen LogP contribution in [0.2, 0.25) is 0 Å². The first-order valence-electron chi connectivity index (χ1n) is 9.67. The molecular weight excluding hydrogens is 322 g/mol. The predicted molar refractivity (Wildman–Crippen MR) is 95.3 cm³/mol. The average molecular weight is 352 g/mol. The average Bonchev–Trinajstić information content (AvgIpc) is 2.62. The number of piperazine rings is 1. The number of benzene rings is 1. The summed E-state index contributed by atoms with van der Waals surface area (Å²) in [6.45, 7) is 4.34. The molecule has 1 saturated carbocycles. The Morgan fingerprint density at radius 1 is 1.08 bits per heavy atom. The number of aliphatic hydroxyl groups excluding tert-OH is 1. The molecule has 1 unspecified atom stereocenters. The van der Waals surface area contributed by atoms with Crippen LogP contribution in [-0.4, -0.2) is 53.7 Å². The van der Waals surface area contributed by atoms with Crippen molar-refractivity contribution in [3.8, 4) is 0 Å². The lowest BCUT2D eigenvalue weighted by atomic mass is 9.88. The van der Waals surface area contributed by atoms with E-state index >= 15 is 0 Å². The first kappa shape index (κ1) is 18.7. The van der Waals surface area contributed by atoms with Gasteiger partial charge in [0.2, 0.25) is 0 Å². The van der Waals surface area contributed by atoms with Crippen LogP contribution in [0.15, 0.2) is 18.2 Å². The fourth-order valence-electron chi connectivity index (χ4n) is 4.38. The van der Waals surface area contributed by atoms with E-state index in [1.54, 1.807) is 12.1 Å². The number of aliphatic hydroxyl groups is 1. The van der Waals surface area contributed by atoms with Crippen LogP contribution in [0.4, 0.5) is 8.78 Å². The summed E-state index contributed by atoms with van der Waals surface area (Å²) in [6.07, 6.45) is 7.43. The molecule has 0 aromatic heterocycles. The first-order valence-corrected chi connectivity index (χ1v) is 9.67. The minimum absolute atomic E-state index is 0.175. The maximum absolute atomic E-state index is 13.9. The molecule has 1 aromatic rings. The molecule has 1 saturated heterocycles. The number of nitrogens with zero attached hydrogens (tertiary/aromatic N) is 2. The molecule has 1 N–H and O–H groups in total. The van der Waals surface area contributed by atoms with Gasteiger partial charge in [0, 0.05) is 50.9 Å². The number of hydrogen-bond donors (Lipinski definition) is 1. The zero-order valence-electron chi connectivity index (χ0n) is 15.0. The van der Waals surface area contributed by atoms with E-state index in [2.05, 4.69) is 9.80 Å².